The van der Waals surface area contributed by atoms with Crippen molar-refractivity contribution in [3.63, 3.8) is 0 Å². The molecule has 26 heavy (non-hydrogen) atoms. The number of hydrogen-bond acceptors (Lipinski definition) is 5. The average molecular weight is 362 g/mol. The molecule has 0 unspecified atom stereocenters. The van der Waals surface area contributed by atoms with E-state index in [9.17, 15) is 14.4 Å². The number of carbonyl (C=O) groups excluding carboxylic acids is 3. The summed E-state index contributed by atoms with van der Waals surface area (Å²) in [7, 11) is 0. The second-order valence-electron chi connectivity index (χ2n) is 8.15. The Labute approximate surface area is 155 Å². The van der Waals surface area contributed by atoms with Crippen LogP contribution in [-0.4, -0.2) is 29.9 Å². The van der Waals surface area contributed by atoms with Gasteiger partial charge in [-0.1, -0.05) is 38.5 Å². The van der Waals surface area contributed by atoms with Gasteiger partial charge in [0.15, 0.2) is 11.9 Å². The highest BCUT2D eigenvalue weighted by Gasteiger charge is 2.59. The van der Waals surface area contributed by atoms with E-state index in [0.717, 1.165) is 17.6 Å². The molecule has 0 aromatic heterocycles. The molecule has 0 aromatic carbocycles. The lowest BCUT2D eigenvalue weighted by Crippen LogP contribution is -2.51. The first-order chi connectivity index (χ1) is 12.0. The minimum atomic E-state index is -0.847. The third-order valence-corrected chi connectivity index (χ3v) is 6.02. The number of rotatable bonds is 4. The summed E-state index contributed by atoms with van der Waals surface area (Å²) in [4.78, 5) is 36.3. The molecule has 1 spiro atoms. The Morgan fingerprint density at radius 3 is 2.38 bits per heavy atom. The van der Waals surface area contributed by atoms with Crippen molar-refractivity contribution in [1.82, 2.24) is 0 Å². The molecule has 0 amide bonds. The maximum absolute atomic E-state index is 12.5. The molecule has 0 aromatic rings. The van der Waals surface area contributed by atoms with Gasteiger partial charge in [0, 0.05) is 18.3 Å². The van der Waals surface area contributed by atoms with Gasteiger partial charge < -0.3 is 9.47 Å². The van der Waals surface area contributed by atoms with E-state index in [1.165, 1.54) is 6.92 Å². The molecule has 0 N–H and O–H groups in total. The van der Waals surface area contributed by atoms with Crippen molar-refractivity contribution in [3.05, 3.63) is 23.8 Å². The van der Waals surface area contributed by atoms with Crippen molar-refractivity contribution in [3.8, 4) is 0 Å². The maximum Gasteiger partial charge on any atom is 0.308 e. The van der Waals surface area contributed by atoms with Gasteiger partial charge in [0.1, 0.15) is 6.10 Å². The van der Waals surface area contributed by atoms with Gasteiger partial charge in [-0.05, 0) is 38.7 Å². The van der Waals surface area contributed by atoms with Crippen LogP contribution in [0.2, 0.25) is 0 Å². The molecule has 0 saturated heterocycles. The summed E-state index contributed by atoms with van der Waals surface area (Å²) >= 11 is 0. The highest BCUT2D eigenvalue weighted by Crippen LogP contribution is 2.57. The smallest absolute Gasteiger partial charge is 0.308 e. The molecule has 2 aliphatic rings. The van der Waals surface area contributed by atoms with Crippen LogP contribution >= 0.6 is 0 Å². The molecule has 2 rings (SSSR count). The molecule has 5 nitrogen and oxygen atoms in total. The van der Waals surface area contributed by atoms with E-state index in [1.807, 2.05) is 20.8 Å². The third kappa shape index (κ3) is 3.49. The molecule has 0 bridgehead atoms. The summed E-state index contributed by atoms with van der Waals surface area (Å²) in [5.74, 6) is -1.26. The number of carbonyl (C=O) groups is 3. The summed E-state index contributed by atoms with van der Waals surface area (Å²) in [5, 5.41) is 0. The molecule has 5 heteroatoms. The monoisotopic (exact) mass is 362 g/mol. The van der Waals surface area contributed by atoms with Crippen LogP contribution in [0.4, 0.5) is 0 Å². The van der Waals surface area contributed by atoms with Crippen molar-refractivity contribution in [2.75, 3.05) is 0 Å². The predicted octanol–water partition coefficient (Wildman–Crippen LogP) is 3.62. The highest BCUT2D eigenvalue weighted by atomic mass is 16.6. The van der Waals surface area contributed by atoms with Crippen molar-refractivity contribution >= 4 is 17.7 Å². The van der Waals surface area contributed by atoms with Crippen LogP contribution < -0.4 is 0 Å². The number of ether oxygens (including phenoxy) is 2. The van der Waals surface area contributed by atoms with E-state index in [2.05, 4.69) is 6.58 Å². The van der Waals surface area contributed by atoms with E-state index in [4.69, 9.17) is 9.47 Å². The first-order valence-corrected chi connectivity index (χ1v) is 9.26. The van der Waals surface area contributed by atoms with Crippen LogP contribution in [0.5, 0.6) is 0 Å². The summed E-state index contributed by atoms with van der Waals surface area (Å²) < 4.78 is 11.3. The van der Waals surface area contributed by atoms with Gasteiger partial charge in [0.2, 0.25) is 0 Å². The molecule has 0 aliphatic heterocycles. The molecular weight excluding hydrogens is 332 g/mol. The van der Waals surface area contributed by atoms with E-state index in [1.54, 1.807) is 19.9 Å². The van der Waals surface area contributed by atoms with Crippen molar-refractivity contribution in [2.45, 2.75) is 66.6 Å². The Morgan fingerprint density at radius 1 is 1.27 bits per heavy atom. The van der Waals surface area contributed by atoms with Gasteiger partial charge in [0.25, 0.3) is 0 Å². The summed E-state index contributed by atoms with van der Waals surface area (Å²) in [5.41, 5.74) is 1.40. The van der Waals surface area contributed by atoms with Gasteiger partial charge in [-0.3, -0.25) is 14.4 Å². The molecule has 1 fully saturated rings. The molecule has 144 valence electrons. The first-order valence-electron chi connectivity index (χ1n) is 9.26. The predicted molar refractivity (Wildman–Crippen MR) is 98.2 cm³/mol. The van der Waals surface area contributed by atoms with Gasteiger partial charge in [0.05, 0.1) is 5.92 Å². The SMILES string of the molecule is C=C(C)[C@@H]1C[C@@H](OC(=O)C(C)C)[C@@]2(C1)C(C)=CC(=O)[C@H](OC(C)=O)[C@H]2C. The van der Waals surface area contributed by atoms with Crippen molar-refractivity contribution in [2.24, 2.45) is 23.2 Å². The molecule has 0 radical (unpaired) electrons. The van der Waals surface area contributed by atoms with Crippen LogP contribution in [0.1, 0.15) is 54.4 Å². The van der Waals surface area contributed by atoms with Gasteiger partial charge in [-0.15, -0.1) is 0 Å². The Balaban J connectivity index is 2.49. The second-order valence-corrected chi connectivity index (χ2v) is 8.15. The zero-order chi connectivity index (χ0) is 19.8. The first kappa shape index (κ1) is 20.4. The van der Waals surface area contributed by atoms with Crippen LogP contribution in [0.3, 0.4) is 0 Å². The van der Waals surface area contributed by atoms with Gasteiger partial charge >= 0.3 is 11.9 Å². The highest BCUT2D eigenvalue weighted by molar-refractivity contribution is 5.97. The van der Waals surface area contributed by atoms with Gasteiger partial charge in [-0.2, -0.15) is 0 Å². The van der Waals surface area contributed by atoms with Crippen LogP contribution in [0.15, 0.2) is 23.8 Å². The average Bonchev–Trinajstić information content (AvgIpc) is 2.90. The zero-order valence-electron chi connectivity index (χ0n) is 16.6. The Bertz CT molecular complexity index is 659. The molecule has 1 saturated carbocycles. The third-order valence-electron chi connectivity index (χ3n) is 6.02. The molecule has 2 aliphatic carbocycles. The molecule has 0 heterocycles. The number of ketones is 1. The zero-order valence-corrected chi connectivity index (χ0v) is 16.6. The summed E-state index contributed by atoms with van der Waals surface area (Å²) in [6.45, 7) is 14.8. The van der Waals surface area contributed by atoms with Crippen LogP contribution in [-0.2, 0) is 23.9 Å². The number of esters is 2. The largest absolute Gasteiger partial charge is 0.461 e. The summed E-state index contributed by atoms with van der Waals surface area (Å²) in [6.07, 6.45) is 1.75. The fourth-order valence-electron chi connectivity index (χ4n) is 4.43. The quantitative estimate of drug-likeness (QED) is 0.564. The number of allylic oxidation sites excluding steroid dienone is 1. The normalized spacial score (nSPS) is 34.0. The Hall–Kier alpha value is -1.91. The van der Waals surface area contributed by atoms with E-state index in [-0.39, 0.29) is 35.6 Å². The Morgan fingerprint density at radius 2 is 1.88 bits per heavy atom. The topological polar surface area (TPSA) is 69.7 Å². The van der Waals surface area contributed by atoms with Crippen LogP contribution in [0, 0.1) is 23.2 Å². The maximum atomic E-state index is 12.5. The lowest BCUT2D eigenvalue weighted by atomic mass is 9.62. The minimum Gasteiger partial charge on any atom is -0.461 e. The molecular formula is C21H30O5. The molecule has 5 atom stereocenters. The van der Waals surface area contributed by atoms with E-state index in [0.29, 0.717) is 6.42 Å². The minimum absolute atomic E-state index is 0.192. The lowest BCUT2D eigenvalue weighted by molar-refractivity contribution is -0.168. The van der Waals surface area contributed by atoms with E-state index < -0.39 is 17.5 Å². The van der Waals surface area contributed by atoms with Crippen molar-refractivity contribution < 1.29 is 23.9 Å². The van der Waals surface area contributed by atoms with Crippen molar-refractivity contribution in [1.29, 1.82) is 0 Å². The fraction of sp³-hybridized carbons (Fsp3) is 0.667. The fourth-order valence-corrected chi connectivity index (χ4v) is 4.43. The lowest BCUT2D eigenvalue weighted by Gasteiger charge is -2.46. The second kappa shape index (κ2) is 7.37. The van der Waals surface area contributed by atoms with E-state index >= 15 is 0 Å². The van der Waals surface area contributed by atoms with Gasteiger partial charge in [-0.25, -0.2) is 0 Å². The Kier molecular flexibility index (Phi) is 5.79. The standard InChI is InChI=1S/C21H30O5/c1-11(2)16-9-18(26-20(24)12(3)4)21(10-16)13(5)8-17(23)19(14(21)6)25-15(7)22/h8,12,14,16,18-19H,1,9-10H2,2-7H3/t14-,16-,18-,19-,21+/m1/s1. The summed E-state index contributed by atoms with van der Waals surface area (Å²) in [6, 6.07) is 0. The van der Waals surface area contributed by atoms with Crippen LogP contribution in [0.25, 0.3) is 0 Å². The number of hydrogen-bond donors (Lipinski definition) is 0.